The molecule has 0 unspecified atom stereocenters. The van der Waals surface area contributed by atoms with Crippen molar-refractivity contribution in [3.05, 3.63) is 66.4 Å². The minimum absolute atomic E-state index is 0.0591. The van der Waals surface area contributed by atoms with Crippen molar-refractivity contribution in [1.29, 1.82) is 0 Å². The number of nitrogens with two attached hydrogens (primary N) is 1. The number of carbonyl (C=O) groups excluding carboxylic acids is 1. The Kier molecular flexibility index (Phi) is 4.88. The van der Waals surface area contributed by atoms with E-state index in [1.54, 1.807) is 10.8 Å². The fourth-order valence-electron chi connectivity index (χ4n) is 3.35. The van der Waals surface area contributed by atoms with Crippen molar-refractivity contribution in [3.8, 4) is 22.8 Å². The van der Waals surface area contributed by atoms with Crippen molar-refractivity contribution in [2.75, 3.05) is 5.73 Å². The number of aromatic amines is 1. The number of nitrogens with one attached hydrogen (secondary N) is 2. The van der Waals surface area contributed by atoms with Gasteiger partial charge < -0.3 is 10.3 Å². The van der Waals surface area contributed by atoms with Gasteiger partial charge in [0.15, 0.2) is 17.3 Å². The van der Waals surface area contributed by atoms with Crippen molar-refractivity contribution in [3.63, 3.8) is 0 Å². The zero-order valence-corrected chi connectivity index (χ0v) is 16.6. The molecule has 0 saturated carbocycles. The molecular weight excluding hydrogens is 410 g/mol. The summed E-state index contributed by atoms with van der Waals surface area (Å²) in [4.78, 5) is 17.2. The van der Waals surface area contributed by atoms with Gasteiger partial charge >= 0.3 is 0 Å². The SMILES string of the molecule is Nc1nonc1-c1nc2ccccc2n1CC(=O)NN=Cc1cn[nH]c1-c1ccccc1. The molecule has 1 amide bonds. The largest absolute Gasteiger partial charge is 0.379 e. The molecule has 0 radical (unpaired) electrons. The van der Waals surface area contributed by atoms with Gasteiger partial charge in [0.1, 0.15) is 6.54 Å². The van der Waals surface area contributed by atoms with Crippen LogP contribution < -0.4 is 11.2 Å². The van der Waals surface area contributed by atoms with Gasteiger partial charge in [0.2, 0.25) is 0 Å². The van der Waals surface area contributed by atoms with Crippen molar-refractivity contribution < 1.29 is 9.42 Å². The molecule has 0 bridgehead atoms. The van der Waals surface area contributed by atoms with Crippen LogP contribution in [0.3, 0.4) is 0 Å². The van der Waals surface area contributed by atoms with Gasteiger partial charge in [-0.3, -0.25) is 9.89 Å². The summed E-state index contributed by atoms with van der Waals surface area (Å²) in [7, 11) is 0. The fraction of sp³-hybridized carbons (Fsp3) is 0.0476. The van der Waals surface area contributed by atoms with Gasteiger partial charge in [-0.05, 0) is 22.4 Å². The number of aromatic nitrogens is 6. The van der Waals surface area contributed by atoms with Gasteiger partial charge in [0.25, 0.3) is 5.91 Å². The number of H-pyrrole nitrogens is 1. The van der Waals surface area contributed by atoms with E-state index in [4.69, 9.17) is 10.4 Å². The van der Waals surface area contributed by atoms with Gasteiger partial charge in [-0.2, -0.15) is 10.2 Å². The second kappa shape index (κ2) is 8.14. The third-order valence-corrected chi connectivity index (χ3v) is 4.81. The maximum Gasteiger partial charge on any atom is 0.260 e. The minimum Gasteiger partial charge on any atom is -0.379 e. The molecule has 158 valence electrons. The minimum atomic E-state index is -0.356. The number of hydrogen-bond acceptors (Lipinski definition) is 8. The summed E-state index contributed by atoms with van der Waals surface area (Å²) in [5, 5.41) is 18.5. The lowest BCUT2D eigenvalue weighted by atomic mass is 10.1. The molecule has 2 aromatic carbocycles. The van der Waals surface area contributed by atoms with Crippen LogP contribution in [0.4, 0.5) is 5.82 Å². The number of imidazole rings is 1. The van der Waals surface area contributed by atoms with Crippen LogP contribution in [0.15, 0.2) is 70.5 Å². The average Bonchev–Trinajstić information content (AvgIpc) is 3.53. The summed E-state index contributed by atoms with van der Waals surface area (Å²) >= 11 is 0. The topological polar surface area (TPSA) is 153 Å². The second-order valence-electron chi connectivity index (χ2n) is 6.87. The Hall–Kier alpha value is -4.80. The van der Waals surface area contributed by atoms with E-state index in [1.165, 1.54) is 6.21 Å². The number of hydrogen-bond donors (Lipinski definition) is 3. The highest BCUT2D eigenvalue weighted by atomic mass is 16.6. The number of benzene rings is 2. The summed E-state index contributed by atoms with van der Waals surface area (Å²) in [6, 6.07) is 17.1. The van der Waals surface area contributed by atoms with E-state index in [0.29, 0.717) is 11.3 Å². The van der Waals surface area contributed by atoms with Gasteiger partial charge in [-0.1, -0.05) is 42.5 Å². The maximum absolute atomic E-state index is 12.7. The van der Waals surface area contributed by atoms with Crippen LogP contribution in [0.2, 0.25) is 0 Å². The van der Waals surface area contributed by atoms with Crippen LogP contribution in [0.25, 0.3) is 33.8 Å². The molecule has 0 spiro atoms. The molecule has 11 heteroatoms. The standard InChI is InChI=1S/C21H17N9O2/c22-20-19(28-32-29-20)21-25-15-8-4-5-9-16(15)30(21)12-17(31)26-23-10-14-11-24-27-18(14)13-6-2-1-3-7-13/h1-11H,12H2,(H2,22,29)(H,24,27)(H,26,31). The molecule has 3 heterocycles. The van der Waals surface area contributed by atoms with E-state index < -0.39 is 0 Å². The van der Waals surface area contributed by atoms with Crippen LogP contribution in [0.5, 0.6) is 0 Å². The number of nitrogen functional groups attached to an aromatic ring is 1. The molecule has 0 saturated heterocycles. The smallest absolute Gasteiger partial charge is 0.260 e. The van der Waals surface area contributed by atoms with Gasteiger partial charge in [0.05, 0.1) is 29.1 Å². The first kappa shape index (κ1) is 19.2. The molecule has 32 heavy (non-hydrogen) atoms. The van der Waals surface area contributed by atoms with E-state index >= 15 is 0 Å². The van der Waals surface area contributed by atoms with Crippen LogP contribution in [-0.4, -0.2) is 42.2 Å². The Morgan fingerprint density at radius 1 is 1.16 bits per heavy atom. The zero-order chi connectivity index (χ0) is 21.9. The normalized spacial score (nSPS) is 11.4. The first-order valence-corrected chi connectivity index (χ1v) is 9.65. The predicted octanol–water partition coefficient (Wildman–Crippen LogP) is 2.21. The first-order chi connectivity index (χ1) is 15.7. The summed E-state index contributed by atoms with van der Waals surface area (Å²) in [5.41, 5.74) is 12.6. The van der Waals surface area contributed by atoms with E-state index in [2.05, 4.69) is 36.0 Å². The van der Waals surface area contributed by atoms with Crippen LogP contribution in [-0.2, 0) is 11.3 Å². The summed E-state index contributed by atoms with van der Waals surface area (Å²) in [6.45, 7) is -0.0591. The number of para-hydroxylation sites is 2. The Bertz CT molecular complexity index is 1420. The van der Waals surface area contributed by atoms with Gasteiger partial charge in [-0.15, -0.1) is 0 Å². The van der Waals surface area contributed by atoms with Crippen molar-refractivity contribution in [1.82, 2.24) is 35.5 Å². The fourth-order valence-corrected chi connectivity index (χ4v) is 3.35. The van der Waals surface area contributed by atoms with Gasteiger partial charge in [-0.25, -0.2) is 15.0 Å². The van der Waals surface area contributed by atoms with E-state index in [0.717, 1.165) is 22.3 Å². The molecule has 0 fully saturated rings. The summed E-state index contributed by atoms with van der Waals surface area (Å²) in [5.74, 6) is 0.115. The number of anilines is 1. The summed E-state index contributed by atoms with van der Waals surface area (Å²) in [6.07, 6.45) is 3.18. The Balaban J connectivity index is 1.37. The molecular formula is C21H17N9O2. The second-order valence-corrected chi connectivity index (χ2v) is 6.87. The molecule has 0 aliphatic heterocycles. The zero-order valence-electron chi connectivity index (χ0n) is 16.6. The van der Waals surface area contributed by atoms with Crippen LogP contribution in [0.1, 0.15) is 5.56 Å². The van der Waals surface area contributed by atoms with Crippen molar-refractivity contribution in [2.45, 2.75) is 6.54 Å². The number of rotatable bonds is 6. The van der Waals surface area contributed by atoms with E-state index in [-0.39, 0.29) is 24.0 Å². The number of carbonyl (C=O) groups is 1. The quantitative estimate of drug-likeness (QED) is 0.277. The monoisotopic (exact) mass is 427 g/mol. The maximum atomic E-state index is 12.7. The number of amides is 1. The van der Waals surface area contributed by atoms with Crippen molar-refractivity contribution in [2.24, 2.45) is 5.10 Å². The van der Waals surface area contributed by atoms with Crippen LogP contribution >= 0.6 is 0 Å². The van der Waals surface area contributed by atoms with Crippen LogP contribution in [0, 0.1) is 0 Å². The van der Waals surface area contributed by atoms with Gasteiger partial charge in [0, 0.05) is 11.1 Å². The lowest BCUT2D eigenvalue weighted by Crippen LogP contribution is -2.23. The van der Waals surface area contributed by atoms with E-state index in [1.807, 2.05) is 54.6 Å². The molecule has 5 rings (SSSR count). The average molecular weight is 427 g/mol. The Morgan fingerprint density at radius 2 is 1.97 bits per heavy atom. The third kappa shape index (κ3) is 3.58. The molecule has 0 aliphatic carbocycles. The molecule has 0 aliphatic rings. The third-order valence-electron chi connectivity index (χ3n) is 4.81. The molecule has 0 atom stereocenters. The number of fused-ring (bicyclic) bond motifs is 1. The Labute approximate surface area is 180 Å². The lowest BCUT2D eigenvalue weighted by molar-refractivity contribution is -0.121. The Morgan fingerprint density at radius 3 is 2.78 bits per heavy atom. The highest BCUT2D eigenvalue weighted by molar-refractivity contribution is 5.90. The predicted molar refractivity (Wildman–Crippen MR) is 117 cm³/mol. The highest BCUT2D eigenvalue weighted by Gasteiger charge is 2.20. The summed E-state index contributed by atoms with van der Waals surface area (Å²) < 4.78 is 6.38. The number of hydrazone groups is 1. The molecule has 3 aromatic heterocycles. The van der Waals surface area contributed by atoms with E-state index in [9.17, 15) is 4.79 Å². The van der Waals surface area contributed by atoms with Crippen molar-refractivity contribution >= 4 is 29.0 Å². The molecule has 11 nitrogen and oxygen atoms in total. The molecule has 4 N–H and O–H groups in total. The first-order valence-electron chi connectivity index (χ1n) is 9.65. The number of nitrogens with zero attached hydrogens (tertiary/aromatic N) is 6. The lowest BCUT2D eigenvalue weighted by Gasteiger charge is -2.06. The molecule has 5 aromatic rings. The highest BCUT2D eigenvalue weighted by Crippen LogP contribution is 2.26.